The maximum atomic E-state index is 11.5. The van der Waals surface area contributed by atoms with Crippen LogP contribution in [0.25, 0.3) is 0 Å². The first-order chi connectivity index (χ1) is 10.2. The Balaban J connectivity index is 1.80. The summed E-state index contributed by atoms with van der Waals surface area (Å²) in [6, 6.07) is 6.03. The number of ketones is 1. The van der Waals surface area contributed by atoms with E-state index in [-0.39, 0.29) is 17.7 Å². The Kier molecular flexibility index (Phi) is 3.75. The smallest absolute Gasteiger partial charge is 0.179 e. The third-order valence-electron chi connectivity index (χ3n) is 4.23. The van der Waals surface area contributed by atoms with Crippen LogP contribution in [0.1, 0.15) is 41.1 Å². The number of nitrogens with two attached hydrogens (primary N) is 1. The number of Topliss-reactive ketones (excluding diaryl/α,β-unsaturated/α-hetero) is 1. The second-order valence-corrected chi connectivity index (χ2v) is 5.54. The van der Waals surface area contributed by atoms with Gasteiger partial charge in [0.25, 0.3) is 0 Å². The molecular weight excluding hydrogens is 264 g/mol. The SMILES string of the molecule is NCC(=O)c1cnc(CC2(c3ccccn3)CCC2)nc1. The van der Waals surface area contributed by atoms with E-state index in [0.29, 0.717) is 5.56 Å². The Morgan fingerprint density at radius 1 is 1.19 bits per heavy atom. The molecule has 0 radical (unpaired) electrons. The lowest BCUT2D eigenvalue weighted by Gasteiger charge is -2.41. The first kappa shape index (κ1) is 13.8. The van der Waals surface area contributed by atoms with Gasteiger partial charge in [-0.15, -0.1) is 0 Å². The predicted molar refractivity (Wildman–Crippen MR) is 78.9 cm³/mol. The first-order valence-electron chi connectivity index (χ1n) is 7.19. The molecular formula is C16H18N4O. The van der Waals surface area contributed by atoms with E-state index in [1.165, 1.54) is 6.42 Å². The van der Waals surface area contributed by atoms with Crippen LogP contribution in [0.3, 0.4) is 0 Å². The number of aromatic nitrogens is 3. The first-order valence-corrected chi connectivity index (χ1v) is 7.19. The van der Waals surface area contributed by atoms with Crippen molar-refractivity contribution in [3.8, 4) is 0 Å². The average Bonchev–Trinajstić information content (AvgIpc) is 2.51. The quantitative estimate of drug-likeness (QED) is 0.844. The van der Waals surface area contributed by atoms with Gasteiger partial charge in [0.15, 0.2) is 5.78 Å². The van der Waals surface area contributed by atoms with Gasteiger partial charge in [-0.25, -0.2) is 9.97 Å². The number of hydrogen-bond donors (Lipinski definition) is 1. The fourth-order valence-corrected chi connectivity index (χ4v) is 2.81. The summed E-state index contributed by atoms with van der Waals surface area (Å²) in [4.78, 5) is 24.6. The Morgan fingerprint density at radius 2 is 1.95 bits per heavy atom. The van der Waals surface area contributed by atoms with Gasteiger partial charge in [-0.2, -0.15) is 0 Å². The molecule has 2 heterocycles. The lowest BCUT2D eigenvalue weighted by molar-refractivity contribution is 0.100. The Labute approximate surface area is 123 Å². The van der Waals surface area contributed by atoms with Crippen molar-refractivity contribution in [2.45, 2.75) is 31.1 Å². The third kappa shape index (κ3) is 2.69. The van der Waals surface area contributed by atoms with Crippen molar-refractivity contribution in [1.29, 1.82) is 0 Å². The Hall–Kier alpha value is -2.14. The number of hydrogen-bond acceptors (Lipinski definition) is 5. The molecule has 2 aromatic rings. The second kappa shape index (κ2) is 5.69. The van der Waals surface area contributed by atoms with Crippen molar-refractivity contribution < 1.29 is 4.79 Å². The van der Waals surface area contributed by atoms with Crippen molar-refractivity contribution in [1.82, 2.24) is 15.0 Å². The van der Waals surface area contributed by atoms with Crippen molar-refractivity contribution in [3.63, 3.8) is 0 Å². The van der Waals surface area contributed by atoms with E-state index < -0.39 is 0 Å². The topological polar surface area (TPSA) is 81.8 Å². The van der Waals surface area contributed by atoms with E-state index in [1.54, 1.807) is 12.4 Å². The summed E-state index contributed by atoms with van der Waals surface area (Å²) in [5.74, 6) is 0.624. The monoisotopic (exact) mass is 282 g/mol. The van der Waals surface area contributed by atoms with Crippen LogP contribution in [0.4, 0.5) is 0 Å². The fourth-order valence-electron chi connectivity index (χ4n) is 2.81. The molecule has 0 aliphatic heterocycles. The van der Waals surface area contributed by atoms with Gasteiger partial charge in [0.1, 0.15) is 5.82 Å². The summed E-state index contributed by atoms with van der Waals surface area (Å²) in [6.45, 7) is -0.0133. The van der Waals surface area contributed by atoms with Gasteiger partial charge in [0.2, 0.25) is 0 Å². The third-order valence-corrected chi connectivity index (χ3v) is 4.23. The normalized spacial score (nSPS) is 16.2. The van der Waals surface area contributed by atoms with Gasteiger partial charge >= 0.3 is 0 Å². The van der Waals surface area contributed by atoms with Crippen molar-refractivity contribution >= 4 is 5.78 Å². The molecule has 1 aliphatic rings. The summed E-state index contributed by atoms with van der Waals surface area (Å²) in [6.07, 6.45) is 9.17. The molecule has 21 heavy (non-hydrogen) atoms. The molecule has 0 aromatic carbocycles. The van der Waals surface area contributed by atoms with Gasteiger partial charge < -0.3 is 5.73 Å². The molecule has 0 spiro atoms. The molecule has 0 atom stereocenters. The second-order valence-electron chi connectivity index (χ2n) is 5.54. The lowest BCUT2D eigenvalue weighted by Crippen LogP contribution is -2.38. The van der Waals surface area contributed by atoms with Crippen LogP contribution < -0.4 is 5.73 Å². The van der Waals surface area contributed by atoms with E-state index in [4.69, 9.17) is 5.73 Å². The van der Waals surface area contributed by atoms with Crippen LogP contribution in [0, 0.1) is 0 Å². The summed E-state index contributed by atoms with van der Waals surface area (Å²) in [7, 11) is 0. The zero-order valence-electron chi connectivity index (χ0n) is 11.8. The zero-order chi connectivity index (χ0) is 14.7. The highest BCUT2D eigenvalue weighted by Crippen LogP contribution is 2.44. The van der Waals surface area contributed by atoms with E-state index in [0.717, 1.165) is 30.8 Å². The van der Waals surface area contributed by atoms with E-state index >= 15 is 0 Å². The van der Waals surface area contributed by atoms with Crippen molar-refractivity contribution in [3.05, 3.63) is 53.9 Å². The highest BCUT2D eigenvalue weighted by atomic mass is 16.1. The minimum absolute atomic E-state index is 0.0133. The molecule has 1 aliphatic carbocycles. The van der Waals surface area contributed by atoms with Gasteiger partial charge in [-0.3, -0.25) is 9.78 Å². The molecule has 5 heteroatoms. The van der Waals surface area contributed by atoms with Crippen LogP contribution in [-0.2, 0) is 11.8 Å². The molecule has 0 saturated heterocycles. The standard InChI is InChI=1S/C16H18N4O/c17-9-13(21)12-10-19-15(20-11-12)8-16(5-3-6-16)14-4-1-2-7-18-14/h1-2,4,7,10-11H,3,5-6,8-9,17H2. The zero-order valence-corrected chi connectivity index (χ0v) is 11.8. The fraction of sp³-hybridized carbons (Fsp3) is 0.375. The average molecular weight is 282 g/mol. The van der Waals surface area contributed by atoms with Crippen molar-refractivity contribution in [2.75, 3.05) is 6.54 Å². The highest BCUT2D eigenvalue weighted by Gasteiger charge is 2.40. The molecule has 1 fully saturated rings. The van der Waals surface area contributed by atoms with Gasteiger partial charge in [0.05, 0.1) is 12.1 Å². The molecule has 3 rings (SSSR count). The number of rotatable bonds is 5. The maximum Gasteiger partial charge on any atom is 0.179 e. The number of pyridine rings is 1. The highest BCUT2D eigenvalue weighted by molar-refractivity contribution is 5.96. The summed E-state index contributed by atoms with van der Waals surface area (Å²) in [5.41, 5.74) is 6.98. The molecule has 108 valence electrons. The molecule has 0 unspecified atom stereocenters. The largest absolute Gasteiger partial charge is 0.324 e. The Morgan fingerprint density at radius 3 is 2.48 bits per heavy atom. The molecule has 1 saturated carbocycles. The van der Waals surface area contributed by atoms with E-state index in [2.05, 4.69) is 21.0 Å². The summed E-state index contributed by atoms with van der Waals surface area (Å²) >= 11 is 0. The van der Waals surface area contributed by atoms with Crippen LogP contribution in [-0.4, -0.2) is 27.3 Å². The number of carbonyl (C=O) groups is 1. The van der Waals surface area contributed by atoms with Crippen LogP contribution in [0.2, 0.25) is 0 Å². The molecule has 0 bridgehead atoms. The van der Waals surface area contributed by atoms with E-state index in [9.17, 15) is 4.79 Å². The minimum Gasteiger partial charge on any atom is -0.324 e. The number of carbonyl (C=O) groups excluding carboxylic acids is 1. The Bertz CT molecular complexity index is 620. The van der Waals surface area contributed by atoms with E-state index in [1.807, 2.05) is 18.3 Å². The maximum absolute atomic E-state index is 11.5. The summed E-state index contributed by atoms with van der Waals surface area (Å²) in [5, 5.41) is 0. The van der Waals surface area contributed by atoms with Crippen LogP contribution in [0.5, 0.6) is 0 Å². The van der Waals surface area contributed by atoms with Gasteiger partial charge in [-0.1, -0.05) is 12.5 Å². The molecule has 2 N–H and O–H groups in total. The van der Waals surface area contributed by atoms with Gasteiger partial charge in [0, 0.05) is 36.1 Å². The number of nitrogens with zero attached hydrogens (tertiary/aromatic N) is 3. The van der Waals surface area contributed by atoms with Crippen LogP contribution in [0.15, 0.2) is 36.8 Å². The predicted octanol–water partition coefficient (Wildman–Crippen LogP) is 1.68. The lowest BCUT2D eigenvalue weighted by atomic mass is 9.64. The minimum atomic E-state index is -0.135. The van der Waals surface area contributed by atoms with Gasteiger partial charge in [-0.05, 0) is 25.0 Å². The molecule has 2 aromatic heterocycles. The molecule has 0 amide bonds. The van der Waals surface area contributed by atoms with Crippen LogP contribution >= 0.6 is 0 Å². The molecule has 5 nitrogen and oxygen atoms in total. The summed E-state index contributed by atoms with van der Waals surface area (Å²) < 4.78 is 0. The van der Waals surface area contributed by atoms with Crippen molar-refractivity contribution in [2.24, 2.45) is 5.73 Å².